The molecule has 5 heteroatoms. The van der Waals surface area contributed by atoms with Crippen molar-refractivity contribution in [1.29, 1.82) is 5.26 Å². The van der Waals surface area contributed by atoms with E-state index in [0.717, 1.165) is 11.1 Å². The first-order valence-electron chi connectivity index (χ1n) is 8.81. The maximum atomic E-state index is 12.9. The minimum absolute atomic E-state index is 0.0264. The zero-order valence-corrected chi connectivity index (χ0v) is 15.5. The first kappa shape index (κ1) is 18.4. The molecule has 0 N–H and O–H groups in total. The zero-order valence-electron chi connectivity index (χ0n) is 15.5. The van der Waals surface area contributed by atoms with Gasteiger partial charge in [0.25, 0.3) is 5.91 Å². The number of fused-ring (bicyclic) bond motifs is 1. The minimum atomic E-state index is -0.189. The number of nitrogens with zero attached hydrogens (tertiary/aromatic N) is 3. The van der Waals surface area contributed by atoms with Crippen molar-refractivity contribution in [3.05, 3.63) is 77.4 Å². The Labute approximate surface area is 159 Å². The lowest BCUT2D eigenvalue weighted by atomic mass is 10.1. The lowest BCUT2D eigenvalue weighted by molar-refractivity contribution is -0.133. The van der Waals surface area contributed by atoms with Crippen molar-refractivity contribution in [1.82, 2.24) is 9.80 Å². The van der Waals surface area contributed by atoms with Crippen LogP contribution in [0.25, 0.3) is 5.70 Å². The van der Waals surface area contributed by atoms with Crippen LogP contribution in [0.1, 0.15) is 40.9 Å². The van der Waals surface area contributed by atoms with Gasteiger partial charge in [-0.25, -0.2) is 0 Å². The van der Waals surface area contributed by atoms with Gasteiger partial charge in [0.05, 0.1) is 11.6 Å². The van der Waals surface area contributed by atoms with E-state index in [-0.39, 0.29) is 24.4 Å². The molecule has 1 aliphatic heterocycles. The zero-order chi connectivity index (χ0) is 19.6. The fraction of sp³-hybridized carbons (Fsp3) is 0.227. The summed E-state index contributed by atoms with van der Waals surface area (Å²) in [7, 11) is 0. The van der Waals surface area contributed by atoms with Crippen LogP contribution in [0.4, 0.5) is 0 Å². The van der Waals surface area contributed by atoms with Crippen molar-refractivity contribution in [2.45, 2.75) is 26.4 Å². The number of hydrogen-bond acceptors (Lipinski definition) is 3. The van der Waals surface area contributed by atoms with E-state index in [1.807, 2.05) is 38.1 Å². The molecule has 0 aliphatic carbocycles. The summed E-state index contributed by atoms with van der Waals surface area (Å²) < 4.78 is 0. The van der Waals surface area contributed by atoms with Gasteiger partial charge in [-0.2, -0.15) is 5.26 Å². The third-order valence-corrected chi connectivity index (χ3v) is 4.71. The molecular weight excluding hydrogens is 338 g/mol. The summed E-state index contributed by atoms with van der Waals surface area (Å²) in [5, 5.41) is 8.91. The molecule has 0 unspecified atom stereocenters. The second-order valence-electron chi connectivity index (χ2n) is 6.81. The van der Waals surface area contributed by atoms with E-state index >= 15 is 0 Å². The summed E-state index contributed by atoms with van der Waals surface area (Å²) in [4.78, 5) is 28.7. The van der Waals surface area contributed by atoms with Crippen molar-refractivity contribution in [2.24, 2.45) is 0 Å². The van der Waals surface area contributed by atoms with Gasteiger partial charge in [-0.15, -0.1) is 0 Å². The minimum Gasteiger partial charge on any atom is -0.334 e. The van der Waals surface area contributed by atoms with Crippen LogP contribution in [0.3, 0.4) is 0 Å². The molecule has 0 spiro atoms. The Balaban J connectivity index is 1.75. The van der Waals surface area contributed by atoms with Gasteiger partial charge in [-0.3, -0.25) is 14.5 Å². The Morgan fingerprint density at radius 3 is 2.33 bits per heavy atom. The van der Waals surface area contributed by atoms with E-state index in [4.69, 9.17) is 5.26 Å². The van der Waals surface area contributed by atoms with Crippen LogP contribution < -0.4 is 0 Å². The lowest BCUT2D eigenvalue weighted by Gasteiger charge is -2.29. The normalized spacial score (nSPS) is 12.9. The molecule has 27 heavy (non-hydrogen) atoms. The molecule has 0 atom stereocenters. The monoisotopic (exact) mass is 359 g/mol. The summed E-state index contributed by atoms with van der Waals surface area (Å²) >= 11 is 0. The van der Waals surface area contributed by atoms with E-state index in [2.05, 4.69) is 12.6 Å². The molecule has 0 saturated heterocycles. The van der Waals surface area contributed by atoms with E-state index in [9.17, 15) is 9.59 Å². The third kappa shape index (κ3) is 3.61. The van der Waals surface area contributed by atoms with Crippen LogP contribution >= 0.6 is 0 Å². The van der Waals surface area contributed by atoms with Crippen molar-refractivity contribution in [3.63, 3.8) is 0 Å². The molecule has 5 nitrogen and oxygen atoms in total. The average Bonchev–Trinajstić information content (AvgIpc) is 2.91. The number of carbonyl (C=O) groups excluding carboxylic acids is 2. The highest BCUT2D eigenvalue weighted by Gasteiger charge is 2.33. The molecule has 0 bridgehead atoms. The first-order valence-corrected chi connectivity index (χ1v) is 8.81. The van der Waals surface area contributed by atoms with Gasteiger partial charge in [0.1, 0.15) is 6.54 Å². The highest BCUT2D eigenvalue weighted by molar-refractivity contribution is 6.10. The maximum Gasteiger partial charge on any atom is 0.259 e. The van der Waals surface area contributed by atoms with E-state index in [1.165, 1.54) is 4.90 Å². The summed E-state index contributed by atoms with van der Waals surface area (Å²) in [5.41, 5.74) is 3.44. The molecule has 2 aromatic carbocycles. The fourth-order valence-electron chi connectivity index (χ4n) is 3.17. The molecule has 1 heterocycles. The van der Waals surface area contributed by atoms with Crippen LogP contribution in [0.5, 0.6) is 0 Å². The highest BCUT2D eigenvalue weighted by atomic mass is 16.2. The Morgan fingerprint density at radius 2 is 1.78 bits per heavy atom. The van der Waals surface area contributed by atoms with Gasteiger partial charge in [0.2, 0.25) is 5.91 Å². The summed E-state index contributed by atoms with van der Waals surface area (Å²) in [6.45, 7) is 8.25. The van der Waals surface area contributed by atoms with Gasteiger partial charge in [0, 0.05) is 29.4 Å². The van der Waals surface area contributed by atoms with E-state index in [0.29, 0.717) is 23.4 Å². The van der Waals surface area contributed by atoms with Crippen molar-refractivity contribution in [2.75, 3.05) is 6.54 Å². The predicted molar refractivity (Wildman–Crippen MR) is 103 cm³/mol. The van der Waals surface area contributed by atoms with Gasteiger partial charge in [-0.1, -0.05) is 36.9 Å². The maximum absolute atomic E-state index is 12.9. The molecule has 0 saturated carbocycles. The highest BCUT2D eigenvalue weighted by Crippen LogP contribution is 2.31. The van der Waals surface area contributed by atoms with Gasteiger partial charge in [-0.05, 0) is 37.6 Å². The van der Waals surface area contributed by atoms with Crippen LogP contribution in [0.15, 0.2) is 55.1 Å². The predicted octanol–water partition coefficient (Wildman–Crippen LogP) is 3.42. The van der Waals surface area contributed by atoms with Crippen LogP contribution in [-0.4, -0.2) is 34.2 Å². The number of nitriles is 1. The fourth-order valence-corrected chi connectivity index (χ4v) is 3.17. The van der Waals surface area contributed by atoms with Crippen molar-refractivity contribution >= 4 is 17.5 Å². The van der Waals surface area contributed by atoms with Crippen molar-refractivity contribution in [3.8, 4) is 6.07 Å². The largest absolute Gasteiger partial charge is 0.334 e. The summed E-state index contributed by atoms with van der Waals surface area (Å²) in [6.07, 6.45) is 0. The quantitative estimate of drug-likeness (QED) is 0.822. The smallest absolute Gasteiger partial charge is 0.259 e. The summed E-state index contributed by atoms with van der Waals surface area (Å²) in [6, 6.07) is 16.5. The Bertz CT molecular complexity index is 904. The SMILES string of the molecule is C=C1c2ccccc2C(=O)N1CC(=O)N(Cc1ccc(C#N)cc1)C(C)C. The van der Waals surface area contributed by atoms with Gasteiger partial charge < -0.3 is 4.90 Å². The third-order valence-electron chi connectivity index (χ3n) is 4.71. The Hall–Kier alpha value is -3.39. The van der Waals surface area contributed by atoms with Gasteiger partial charge >= 0.3 is 0 Å². The average molecular weight is 359 g/mol. The van der Waals surface area contributed by atoms with Gasteiger partial charge in [0.15, 0.2) is 0 Å². The number of carbonyl (C=O) groups is 2. The molecule has 0 fully saturated rings. The van der Waals surface area contributed by atoms with E-state index < -0.39 is 0 Å². The lowest BCUT2D eigenvalue weighted by Crippen LogP contribution is -2.43. The second-order valence-corrected chi connectivity index (χ2v) is 6.81. The molecule has 0 aromatic heterocycles. The Kier molecular flexibility index (Phi) is 5.09. The van der Waals surface area contributed by atoms with Crippen molar-refractivity contribution < 1.29 is 9.59 Å². The molecular formula is C22H21N3O2. The molecule has 136 valence electrons. The standard InChI is InChI=1S/C22H21N3O2/c1-15(2)24(13-18-10-8-17(12-23)9-11-18)21(26)14-25-16(3)19-6-4-5-7-20(19)22(25)27/h4-11,15H,3,13-14H2,1-2H3. The molecule has 3 rings (SSSR count). The molecule has 1 aliphatic rings. The van der Waals surface area contributed by atoms with Crippen LogP contribution in [-0.2, 0) is 11.3 Å². The number of amides is 2. The van der Waals surface area contributed by atoms with E-state index in [1.54, 1.807) is 29.2 Å². The number of rotatable bonds is 5. The van der Waals surface area contributed by atoms with Crippen LogP contribution in [0, 0.1) is 11.3 Å². The second kappa shape index (κ2) is 7.46. The Morgan fingerprint density at radius 1 is 1.15 bits per heavy atom. The topological polar surface area (TPSA) is 64.4 Å². The number of benzene rings is 2. The number of hydrogen-bond donors (Lipinski definition) is 0. The molecule has 0 radical (unpaired) electrons. The molecule has 2 amide bonds. The molecule has 2 aromatic rings. The summed E-state index contributed by atoms with van der Waals surface area (Å²) in [5.74, 6) is -0.331. The first-order chi connectivity index (χ1) is 12.9. The van der Waals surface area contributed by atoms with Crippen LogP contribution in [0.2, 0.25) is 0 Å².